The van der Waals surface area contributed by atoms with Gasteiger partial charge >= 0.3 is 40.9 Å². The van der Waals surface area contributed by atoms with Crippen molar-refractivity contribution < 1.29 is 42.9 Å². The summed E-state index contributed by atoms with van der Waals surface area (Å²) in [6, 6.07) is -0.00782. The molecular weight excluding hydrogens is 478 g/mol. The molecule has 0 saturated heterocycles. The second-order valence-corrected chi connectivity index (χ2v) is 26.5. The largest absolute Gasteiger partial charge is 0.669 e. The summed E-state index contributed by atoms with van der Waals surface area (Å²) in [6.45, 7) is 14.6. The Kier molecular flexibility index (Phi) is 10.7. The Morgan fingerprint density at radius 3 is 1.28 bits per heavy atom. The van der Waals surface area contributed by atoms with Crippen molar-refractivity contribution >= 4 is 43.0 Å². The van der Waals surface area contributed by atoms with E-state index in [9.17, 15) is 13.2 Å². The molecule has 15 heteroatoms. The van der Waals surface area contributed by atoms with Crippen LogP contribution >= 0.6 is 0 Å². The lowest BCUT2D eigenvalue weighted by Gasteiger charge is -2.41. The predicted octanol–water partition coefficient (Wildman–Crippen LogP) is 4.69. The monoisotopic (exact) mass is 514 g/mol. The SMILES string of the molecule is CO[Si](OC)(OC)O[Si](C)(C)O[Si](C)(C)O[Si](C)(C)O[Si](C)(C)CCC(F)(F)F. The summed E-state index contributed by atoms with van der Waals surface area (Å²) in [4.78, 5) is 0. The maximum absolute atomic E-state index is 12.6. The van der Waals surface area contributed by atoms with Gasteiger partial charge in [-0.3, -0.25) is 0 Å². The number of hydrogen-bond acceptors (Lipinski definition) is 7. The van der Waals surface area contributed by atoms with Gasteiger partial charge in [-0.15, -0.1) is 0 Å². The molecule has 0 aliphatic carbocycles. The molecule has 0 aliphatic rings. The van der Waals surface area contributed by atoms with Crippen LogP contribution in [0.1, 0.15) is 6.42 Å². The van der Waals surface area contributed by atoms with Crippen LogP contribution in [0.5, 0.6) is 0 Å². The van der Waals surface area contributed by atoms with E-state index in [0.717, 1.165) is 0 Å². The van der Waals surface area contributed by atoms with Crippen molar-refractivity contribution in [1.82, 2.24) is 0 Å². The van der Waals surface area contributed by atoms with Crippen molar-refractivity contribution in [3.05, 3.63) is 0 Å². The van der Waals surface area contributed by atoms with Gasteiger partial charge in [-0.25, -0.2) is 0 Å². The molecule has 0 N–H and O–H groups in total. The normalized spacial score (nSPS) is 15.1. The van der Waals surface area contributed by atoms with Gasteiger partial charge in [0.2, 0.25) is 0 Å². The van der Waals surface area contributed by atoms with Crippen LogP contribution in [0.2, 0.25) is 58.4 Å². The molecule has 0 aliphatic heterocycles. The van der Waals surface area contributed by atoms with Crippen LogP contribution in [0.15, 0.2) is 0 Å². The van der Waals surface area contributed by atoms with Gasteiger partial charge in [-0.1, -0.05) is 0 Å². The summed E-state index contributed by atoms with van der Waals surface area (Å²) < 4.78 is 78.4. The zero-order valence-electron chi connectivity index (χ0n) is 19.4. The summed E-state index contributed by atoms with van der Waals surface area (Å²) in [5.74, 6) is 0. The molecule has 0 rings (SSSR count). The summed E-state index contributed by atoms with van der Waals surface area (Å²) in [6.07, 6.45) is -5.04. The molecule has 0 spiro atoms. The van der Waals surface area contributed by atoms with Crippen molar-refractivity contribution in [2.75, 3.05) is 21.3 Å². The average molecular weight is 515 g/mol. The minimum absolute atomic E-state index is 0.00782. The molecule has 0 radical (unpaired) electrons. The standard InChI is InChI=1S/C14H37F3O7Si5/c1-18-29(19-2,20-3)24-28(10,11)23-27(8,9)22-26(6,7)21-25(4,5)13-12-14(15,16)17/h12-13H2,1-11H3. The van der Waals surface area contributed by atoms with E-state index in [1.54, 1.807) is 13.1 Å². The van der Waals surface area contributed by atoms with E-state index < -0.39 is 55.6 Å². The van der Waals surface area contributed by atoms with E-state index in [1.165, 1.54) is 21.3 Å². The highest BCUT2D eigenvalue weighted by atomic mass is 28.5. The maximum atomic E-state index is 12.6. The van der Waals surface area contributed by atoms with Gasteiger partial charge in [0.05, 0.1) is 0 Å². The van der Waals surface area contributed by atoms with Gasteiger partial charge in [0.15, 0.2) is 8.32 Å². The van der Waals surface area contributed by atoms with E-state index >= 15 is 0 Å². The summed E-state index contributed by atoms with van der Waals surface area (Å²) >= 11 is 0. The van der Waals surface area contributed by atoms with Crippen LogP contribution in [0, 0.1) is 0 Å². The first kappa shape index (κ1) is 29.6. The van der Waals surface area contributed by atoms with Crippen LogP contribution < -0.4 is 0 Å². The third-order valence-corrected chi connectivity index (χ3v) is 21.6. The first-order chi connectivity index (χ1) is 12.7. The Morgan fingerprint density at radius 1 is 0.586 bits per heavy atom. The summed E-state index contributed by atoms with van der Waals surface area (Å²) in [5.41, 5.74) is 0. The second kappa shape index (κ2) is 10.5. The third-order valence-electron chi connectivity index (χ3n) is 3.64. The Balaban J connectivity index is 5.12. The average Bonchev–Trinajstić information content (AvgIpc) is 2.46. The van der Waals surface area contributed by atoms with Crippen molar-refractivity contribution in [2.45, 2.75) is 71.0 Å². The fourth-order valence-electron chi connectivity index (χ4n) is 3.08. The fourth-order valence-corrected chi connectivity index (χ4v) is 24.7. The minimum atomic E-state index is -4.19. The number of hydrogen-bond donors (Lipinski definition) is 0. The second-order valence-electron chi connectivity index (χ2n) is 8.59. The van der Waals surface area contributed by atoms with Crippen LogP contribution in [0.25, 0.3) is 0 Å². The third kappa shape index (κ3) is 12.3. The molecule has 0 fully saturated rings. The zero-order valence-corrected chi connectivity index (χ0v) is 24.4. The molecule has 0 amide bonds. The van der Waals surface area contributed by atoms with Crippen LogP contribution in [-0.4, -0.2) is 70.6 Å². The van der Waals surface area contributed by atoms with Crippen molar-refractivity contribution in [3.63, 3.8) is 0 Å². The molecule has 176 valence electrons. The Labute approximate surface area is 178 Å². The molecule has 7 nitrogen and oxygen atoms in total. The summed E-state index contributed by atoms with van der Waals surface area (Å²) in [7, 11) is -9.78. The maximum Gasteiger partial charge on any atom is 0.669 e. The highest BCUT2D eigenvalue weighted by Gasteiger charge is 2.52. The molecule has 0 heterocycles. The van der Waals surface area contributed by atoms with E-state index in [-0.39, 0.29) is 6.04 Å². The lowest BCUT2D eigenvalue weighted by molar-refractivity contribution is -0.131. The highest BCUT2D eigenvalue weighted by molar-refractivity contribution is 6.89. The topological polar surface area (TPSA) is 64.6 Å². The van der Waals surface area contributed by atoms with Crippen LogP contribution in [0.3, 0.4) is 0 Å². The molecule has 0 aromatic heterocycles. The van der Waals surface area contributed by atoms with Crippen molar-refractivity contribution in [3.8, 4) is 0 Å². The molecule has 0 unspecified atom stereocenters. The number of rotatable bonds is 13. The molecule has 0 saturated carbocycles. The van der Waals surface area contributed by atoms with Gasteiger partial charge in [-0.05, 0) is 58.4 Å². The highest BCUT2D eigenvalue weighted by Crippen LogP contribution is 2.30. The lowest BCUT2D eigenvalue weighted by atomic mass is 10.5. The lowest BCUT2D eigenvalue weighted by Crippen LogP contribution is -2.61. The smallest absolute Gasteiger partial charge is 0.436 e. The van der Waals surface area contributed by atoms with Crippen molar-refractivity contribution in [2.24, 2.45) is 0 Å². The fraction of sp³-hybridized carbons (Fsp3) is 1.00. The van der Waals surface area contributed by atoms with E-state index in [1.807, 2.05) is 39.3 Å². The van der Waals surface area contributed by atoms with E-state index in [0.29, 0.717) is 0 Å². The van der Waals surface area contributed by atoms with E-state index in [4.69, 9.17) is 29.7 Å². The Bertz CT molecular complexity index is 506. The van der Waals surface area contributed by atoms with E-state index in [2.05, 4.69) is 0 Å². The Hall–Kier alpha value is 0.594. The van der Waals surface area contributed by atoms with Gasteiger partial charge < -0.3 is 29.7 Å². The Morgan fingerprint density at radius 2 is 0.931 bits per heavy atom. The predicted molar refractivity (Wildman–Crippen MR) is 117 cm³/mol. The number of halogens is 3. The quantitative estimate of drug-likeness (QED) is 0.330. The van der Waals surface area contributed by atoms with Gasteiger partial charge in [0.1, 0.15) is 0 Å². The van der Waals surface area contributed by atoms with Crippen molar-refractivity contribution in [1.29, 1.82) is 0 Å². The molecule has 0 aromatic rings. The zero-order chi connectivity index (χ0) is 23.4. The molecule has 0 bridgehead atoms. The first-order valence-corrected chi connectivity index (χ1v) is 22.4. The summed E-state index contributed by atoms with van der Waals surface area (Å²) in [5, 5.41) is 0. The van der Waals surface area contributed by atoms with Gasteiger partial charge in [0, 0.05) is 27.8 Å². The minimum Gasteiger partial charge on any atom is -0.436 e. The molecule has 29 heavy (non-hydrogen) atoms. The van der Waals surface area contributed by atoms with Crippen LogP contribution in [-0.2, 0) is 29.7 Å². The molecule has 0 aromatic carbocycles. The first-order valence-electron chi connectivity index (χ1n) is 9.24. The molecular formula is C14H37F3O7Si5. The molecule has 0 atom stereocenters. The number of alkyl halides is 3. The van der Waals surface area contributed by atoms with Gasteiger partial charge in [-0.2, -0.15) is 13.2 Å². The van der Waals surface area contributed by atoms with Crippen LogP contribution in [0.4, 0.5) is 13.2 Å². The van der Waals surface area contributed by atoms with Gasteiger partial charge in [0.25, 0.3) is 0 Å².